The van der Waals surface area contributed by atoms with E-state index < -0.39 is 32.6 Å². The summed E-state index contributed by atoms with van der Waals surface area (Å²) in [6, 6.07) is 0. The van der Waals surface area contributed by atoms with Crippen molar-refractivity contribution in [1.82, 2.24) is 0 Å². The van der Waals surface area contributed by atoms with Gasteiger partial charge >= 0.3 is 19.8 Å². The fourth-order valence-corrected chi connectivity index (χ4v) is 6.94. The Bertz CT molecular complexity index is 1090. The van der Waals surface area contributed by atoms with E-state index in [0.717, 1.165) is 57.8 Å². The van der Waals surface area contributed by atoms with Crippen molar-refractivity contribution in [1.29, 1.82) is 0 Å². The third-order valence-electron chi connectivity index (χ3n) is 9.79. The molecule has 0 amide bonds. The largest absolute Gasteiger partial charge is 0.472 e. The van der Waals surface area contributed by atoms with Gasteiger partial charge in [0, 0.05) is 12.8 Å². The second-order valence-corrected chi connectivity index (χ2v) is 18.1. The van der Waals surface area contributed by atoms with Crippen molar-refractivity contribution in [2.45, 2.75) is 199 Å². The monoisotopic (exact) mass is 829 g/mol. The molecule has 0 fully saturated rings. The summed E-state index contributed by atoms with van der Waals surface area (Å²) >= 11 is 0. The van der Waals surface area contributed by atoms with Crippen LogP contribution >= 0.6 is 7.82 Å². The topological polar surface area (TPSA) is 129 Å². The number of phosphoric acid groups is 1. The molecule has 0 rings (SSSR count). The zero-order valence-corrected chi connectivity index (χ0v) is 38.1. The number of ether oxygens (including phenoxy) is 2. The van der Waals surface area contributed by atoms with Gasteiger partial charge in [-0.05, 0) is 32.1 Å². The highest BCUT2D eigenvalue weighted by Gasteiger charge is 2.27. The molecule has 0 heterocycles. The third-order valence-corrected chi connectivity index (χ3v) is 10.8. The Labute approximate surface area is 349 Å². The van der Waals surface area contributed by atoms with E-state index in [-0.39, 0.29) is 32.0 Å². The molecule has 2 N–H and O–H groups in total. The number of aliphatic hydroxyl groups is 1. The normalized spacial score (nSPS) is 14.4. The number of hydrogen-bond donors (Lipinski definition) is 2. The molecule has 0 aliphatic heterocycles. The number of unbranched alkanes of at least 4 members (excludes halogenated alkanes) is 20. The maximum atomic E-state index is 12.7. The SMILES string of the molecule is CC/C=C/C/C=C/C=C/C(O)CCCCCCCC(=O)O[C@H](COC(=O)CCCCCCCCCCCCCCCCCCC)COP(=O)(O)OCC[N+](C)(C)C. The van der Waals surface area contributed by atoms with E-state index in [1.165, 1.54) is 89.9 Å². The van der Waals surface area contributed by atoms with E-state index in [0.29, 0.717) is 23.9 Å². The first kappa shape index (κ1) is 55.2. The van der Waals surface area contributed by atoms with Crippen LogP contribution in [-0.4, -0.2) is 86.1 Å². The van der Waals surface area contributed by atoms with Gasteiger partial charge in [-0.25, -0.2) is 4.57 Å². The van der Waals surface area contributed by atoms with Crippen molar-refractivity contribution in [2.75, 3.05) is 47.5 Å². The number of likely N-dealkylation sites (N-methyl/N-ethyl adjacent to an activating group) is 1. The third kappa shape index (κ3) is 42.1. The number of hydrogen-bond acceptors (Lipinski definition) is 8. The van der Waals surface area contributed by atoms with Crippen LogP contribution in [0.3, 0.4) is 0 Å². The molecule has 0 bridgehead atoms. The lowest BCUT2D eigenvalue weighted by Gasteiger charge is -2.24. The summed E-state index contributed by atoms with van der Waals surface area (Å²) in [5.74, 6) is -0.870. The molecule has 57 heavy (non-hydrogen) atoms. The highest BCUT2D eigenvalue weighted by molar-refractivity contribution is 7.47. The summed E-state index contributed by atoms with van der Waals surface area (Å²) in [7, 11) is 1.42. The minimum absolute atomic E-state index is 0.0142. The summed E-state index contributed by atoms with van der Waals surface area (Å²) in [5, 5.41) is 10.2. The first-order chi connectivity index (χ1) is 27.4. The van der Waals surface area contributed by atoms with E-state index in [2.05, 4.69) is 32.1 Å². The fraction of sp³-hybridized carbons (Fsp3) is 0.826. The van der Waals surface area contributed by atoms with E-state index in [1.54, 1.807) is 0 Å². The smallest absolute Gasteiger partial charge is 0.462 e. The number of rotatable bonds is 41. The lowest BCUT2D eigenvalue weighted by molar-refractivity contribution is -0.870. The maximum absolute atomic E-state index is 12.7. The molecule has 0 saturated heterocycles. The van der Waals surface area contributed by atoms with Crippen LogP contribution in [0.25, 0.3) is 0 Å². The predicted octanol–water partition coefficient (Wildman–Crippen LogP) is 11.9. The molecule has 334 valence electrons. The van der Waals surface area contributed by atoms with E-state index >= 15 is 0 Å². The Kier molecular flexibility index (Phi) is 37.2. The molecular weight excluding hydrogens is 741 g/mol. The lowest BCUT2D eigenvalue weighted by atomic mass is 10.0. The lowest BCUT2D eigenvalue weighted by Crippen LogP contribution is -2.37. The molecule has 0 saturated carbocycles. The Morgan fingerprint density at radius 3 is 1.67 bits per heavy atom. The quantitative estimate of drug-likeness (QED) is 0.0154. The number of phosphoric ester groups is 1. The minimum atomic E-state index is -4.40. The summed E-state index contributed by atoms with van der Waals surface area (Å²) in [4.78, 5) is 35.4. The number of carbonyl (C=O) groups excluding carboxylic acids is 2. The zero-order chi connectivity index (χ0) is 42.3. The Hall–Kier alpha value is -1.81. The average molecular weight is 829 g/mol. The number of quaternary nitrogens is 1. The molecular formula is C46H87NO9P+. The van der Waals surface area contributed by atoms with Crippen LogP contribution in [0.1, 0.15) is 187 Å². The second kappa shape index (κ2) is 38.4. The molecule has 0 radical (unpaired) electrons. The summed E-state index contributed by atoms with van der Waals surface area (Å²) < 4.78 is 34.3. The van der Waals surface area contributed by atoms with Gasteiger partial charge in [0.05, 0.1) is 33.9 Å². The van der Waals surface area contributed by atoms with Crippen LogP contribution < -0.4 is 0 Å². The van der Waals surface area contributed by atoms with Gasteiger partial charge in [0.1, 0.15) is 19.8 Å². The Morgan fingerprint density at radius 1 is 0.632 bits per heavy atom. The van der Waals surface area contributed by atoms with Crippen molar-refractivity contribution in [3.05, 3.63) is 36.5 Å². The molecule has 0 aromatic rings. The van der Waals surface area contributed by atoms with Crippen LogP contribution in [0, 0.1) is 0 Å². The van der Waals surface area contributed by atoms with Crippen molar-refractivity contribution in [3.8, 4) is 0 Å². The number of esters is 2. The predicted molar refractivity (Wildman–Crippen MR) is 235 cm³/mol. The van der Waals surface area contributed by atoms with Gasteiger partial charge in [0.25, 0.3) is 0 Å². The van der Waals surface area contributed by atoms with Crippen LogP contribution in [0.5, 0.6) is 0 Å². The average Bonchev–Trinajstić information content (AvgIpc) is 3.15. The van der Waals surface area contributed by atoms with Crippen LogP contribution in [0.2, 0.25) is 0 Å². The highest BCUT2D eigenvalue weighted by Crippen LogP contribution is 2.43. The van der Waals surface area contributed by atoms with E-state index in [4.69, 9.17) is 18.5 Å². The van der Waals surface area contributed by atoms with Gasteiger partial charge in [-0.3, -0.25) is 18.6 Å². The first-order valence-electron chi connectivity index (χ1n) is 22.8. The Morgan fingerprint density at radius 2 is 1.14 bits per heavy atom. The zero-order valence-electron chi connectivity index (χ0n) is 37.2. The van der Waals surface area contributed by atoms with Gasteiger partial charge in [-0.15, -0.1) is 0 Å². The summed E-state index contributed by atoms with van der Waals surface area (Å²) in [5.41, 5.74) is 0. The number of nitrogens with zero attached hydrogens (tertiary/aromatic N) is 1. The molecule has 0 aromatic heterocycles. The molecule has 10 nitrogen and oxygen atoms in total. The van der Waals surface area contributed by atoms with Crippen molar-refractivity contribution >= 4 is 19.8 Å². The van der Waals surface area contributed by atoms with Gasteiger partial charge in [0.2, 0.25) is 0 Å². The van der Waals surface area contributed by atoms with Crippen molar-refractivity contribution < 1.29 is 47.2 Å². The van der Waals surface area contributed by atoms with Gasteiger partial charge in [0.15, 0.2) is 6.10 Å². The van der Waals surface area contributed by atoms with Crippen LogP contribution in [0.15, 0.2) is 36.5 Å². The second-order valence-electron chi connectivity index (χ2n) is 16.6. The van der Waals surface area contributed by atoms with E-state index in [9.17, 15) is 24.2 Å². The number of aliphatic hydroxyl groups excluding tert-OH is 1. The number of carbonyl (C=O) groups is 2. The minimum Gasteiger partial charge on any atom is -0.462 e. The van der Waals surface area contributed by atoms with Crippen molar-refractivity contribution in [2.24, 2.45) is 0 Å². The van der Waals surface area contributed by atoms with Gasteiger partial charge in [-0.2, -0.15) is 0 Å². The number of allylic oxidation sites excluding steroid dienone is 5. The first-order valence-corrected chi connectivity index (χ1v) is 24.3. The molecule has 0 aliphatic rings. The molecule has 3 atom stereocenters. The standard InChI is InChI=1S/C46H86NO9P/c1-6-8-10-12-14-15-16-17-18-19-20-21-22-23-25-29-33-37-45(49)53-41-44(42-55-57(51,52)54-40-39-47(3,4)5)56-46(50)38-34-30-26-28-32-36-43(48)35-31-27-24-13-11-9-7-2/h9,11,24,27,31,35,43-44,48H,6-8,10,12-23,25-26,28-30,32-34,36-42H2,1-5H3/p+1/b11-9+,27-24+,35-31+/t43?,44-/m1/s1. The Balaban J connectivity index is 4.39. The molecule has 0 spiro atoms. The van der Waals surface area contributed by atoms with Crippen LogP contribution in [0.4, 0.5) is 0 Å². The molecule has 11 heteroatoms. The van der Waals surface area contributed by atoms with E-state index in [1.807, 2.05) is 39.4 Å². The van der Waals surface area contributed by atoms with Gasteiger partial charge < -0.3 is 24.0 Å². The molecule has 2 unspecified atom stereocenters. The van der Waals surface area contributed by atoms with Crippen LogP contribution in [-0.2, 0) is 32.7 Å². The maximum Gasteiger partial charge on any atom is 0.472 e. The highest BCUT2D eigenvalue weighted by atomic mass is 31.2. The molecule has 0 aliphatic carbocycles. The van der Waals surface area contributed by atoms with Gasteiger partial charge in [-0.1, -0.05) is 179 Å². The fourth-order valence-electron chi connectivity index (χ4n) is 6.20. The molecule has 0 aromatic carbocycles. The summed E-state index contributed by atoms with van der Waals surface area (Å²) in [6.07, 6.45) is 39.2. The summed E-state index contributed by atoms with van der Waals surface area (Å²) in [6.45, 7) is 4.19. The van der Waals surface area contributed by atoms with Crippen molar-refractivity contribution in [3.63, 3.8) is 0 Å².